The van der Waals surface area contributed by atoms with Gasteiger partial charge < -0.3 is 14.6 Å². The Morgan fingerprint density at radius 1 is 1.19 bits per heavy atom. The molecule has 1 aromatic heterocycles. The molecule has 144 valence electrons. The summed E-state index contributed by atoms with van der Waals surface area (Å²) in [5.41, 5.74) is 1.20. The fraction of sp³-hybridized carbons (Fsp3) is 0.450. The summed E-state index contributed by atoms with van der Waals surface area (Å²) in [4.78, 5) is 43.2. The maximum atomic E-state index is 13.0. The Bertz CT molecular complexity index is 914. The number of H-pyrrole nitrogens is 2. The Kier molecular flexibility index (Phi) is 5.91. The molecule has 1 aliphatic rings. The van der Waals surface area contributed by atoms with Crippen LogP contribution in [0.4, 0.5) is 0 Å². The van der Waals surface area contributed by atoms with Gasteiger partial charge in [-0.3, -0.25) is 14.6 Å². The third-order valence-electron chi connectivity index (χ3n) is 5.09. The molecule has 3 rings (SSSR count). The van der Waals surface area contributed by atoms with Gasteiger partial charge in [-0.25, -0.2) is 4.79 Å². The zero-order chi connectivity index (χ0) is 19.4. The first kappa shape index (κ1) is 19.1. The average Bonchev–Trinajstić information content (AvgIpc) is 2.66. The topological polar surface area (TPSA) is 95.3 Å². The van der Waals surface area contributed by atoms with Gasteiger partial charge in [0.15, 0.2) is 0 Å². The Morgan fingerprint density at radius 3 is 2.59 bits per heavy atom. The lowest BCUT2D eigenvalue weighted by molar-refractivity contribution is 0.0553. The standard InChI is InChI=1S/C20H25N3O4/c1-13-17(18(24)22-20(26)21-13)14-6-8-15(9-7-14)19(25)23-11-4-3-5-16(23)10-12-27-2/h6-9,16H,3-5,10-12H2,1-2H3,(H2,21,22,24,26). The number of likely N-dealkylation sites (tertiary alicyclic amines) is 1. The van der Waals surface area contributed by atoms with Crippen LogP contribution < -0.4 is 11.2 Å². The van der Waals surface area contributed by atoms with E-state index in [-0.39, 0.29) is 11.9 Å². The van der Waals surface area contributed by atoms with Crippen molar-refractivity contribution < 1.29 is 9.53 Å². The Morgan fingerprint density at radius 2 is 1.93 bits per heavy atom. The molecule has 0 radical (unpaired) electrons. The van der Waals surface area contributed by atoms with Crippen LogP contribution in [0.1, 0.15) is 41.7 Å². The molecule has 1 saturated heterocycles. The number of hydrogen-bond acceptors (Lipinski definition) is 4. The first-order valence-electron chi connectivity index (χ1n) is 9.25. The van der Waals surface area contributed by atoms with Crippen LogP contribution in [0.3, 0.4) is 0 Å². The van der Waals surface area contributed by atoms with Crippen molar-refractivity contribution in [3.8, 4) is 11.1 Å². The van der Waals surface area contributed by atoms with Crippen LogP contribution in [-0.2, 0) is 4.74 Å². The van der Waals surface area contributed by atoms with Crippen molar-refractivity contribution in [2.24, 2.45) is 0 Å². The Labute approximate surface area is 157 Å². The highest BCUT2D eigenvalue weighted by Gasteiger charge is 2.27. The molecule has 2 aromatic rings. The van der Waals surface area contributed by atoms with Crippen LogP contribution in [0.5, 0.6) is 0 Å². The lowest BCUT2D eigenvalue weighted by Crippen LogP contribution is -2.44. The molecule has 0 aliphatic carbocycles. The molecular weight excluding hydrogens is 346 g/mol. The van der Waals surface area contributed by atoms with E-state index < -0.39 is 11.2 Å². The molecule has 0 saturated carbocycles. The lowest BCUT2D eigenvalue weighted by Gasteiger charge is -2.36. The highest BCUT2D eigenvalue weighted by atomic mass is 16.5. The third kappa shape index (κ3) is 4.19. The fourth-order valence-electron chi connectivity index (χ4n) is 3.71. The van der Waals surface area contributed by atoms with Crippen LogP contribution in [-0.4, -0.2) is 47.1 Å². The van der Waals surface area contributed by atoms with Gasteiger partial charge in [0.2, 0.25) is 0 Å². The minimum absolute atomic E-state index is 0.00875. The molecule has 0 bridgehead atoms. The molecule has 1 fully saturated rings. The van der Waals surface area contributed by atoms with E-state index in [0.29, 0.717) is 29.0 Å². The van der Waals surface area contributed by atoms with Crippen molar-refractivity contribution in [3.05, 3.63) is 56.4 Å². The summed E-state index contributed by atoms with van der Waals surface area (Å²) < 4.78 is 5.18. The number of nitrogens with one attached hydrogen (secondary N) is 2. The number of aromatic amines is 2. The molecule has 7 heteroatoms. The van der Waals surface area contributed by atoms with Crippen molar-refractivity contribution in [1.29, 1.82) is 0 Å². The molecule has 2 heterocycles. The van der Waals surface area contributed by atoms with E-state index in [0.717, 1.165) is 32.2 Å². The van der Waals surface area contributed by atoms with Crippen LogP contribution in [0.15, 0.2) is 33.9 Å². The number of piperidine rings is 1. The number of benzene rings is 1. The predicted octanol–water partition coefficient (Wildman–Crippen LogP) is 2.07. The second-order valence-corrected chi connectivity index (χ2v) is 6.92. The Hall–Kier alpha value is -2.67. The molecule has 0 spiro atoms. The van der Waals surface area contributed by atoms with Crippen LogP contribution in [0, 0.1) is 6.92 Å². The zero-order valence-electron chi connectivity index (χ0n) is 15.7. The van der Waals surface area contributed by atoms with Gasteiger partial charge in [0.25, 0.3) is 11.5 Å². The summed E-state index contributed by atoms with van der Waals surface area (Å²) >= 11 is 0. The summed E-state index contributed by atoms with van der Waals surface area (Å²) in [6.07, 6.45) is 3.98. The number of aromatic nitrogens is 2. The van der Waals surface area contributed by atoms with Crippen molar-refractivity contribution in [2.75, 3.05) is 20.3 Å². The smallest absolute Gasteiger partial charge is 0.325 e. The van der Waals surface area contributed by atoms with Crippen molar-refractivity contribution in [2.45, 2.75) is 38.6 Å². The number of nitrogens with zero attached hydrogens (tertiary/aromatic N) is 1. The van der Waals surface area contributed by atoms with Crippen molar-refractivity contribution in [1.82, 2.24) is 14.9 Å². The summed E-state index contributed by atoms with van der Waals surface area (Å²) in [5.74, 6) is 0.00875. The third-order valence-corrected chi connectivity index (χ3v) is 5.09. The maximum Gasteiger partial charge on any atom is 0.325 e. The largest absolute Gasteiger partial charge is 0.385 e. The summed E-state index contributed by atoms with van der Waals surface area (Å²) in [6, 6.07) is 7.18. The second-order valence-electron chi connectivity index (χ2n) is 6.92. The molecule has 1 atom stereocenters. The van der Waals surface area contributed by atoms with Crippen LogP contribution in [0.25, 0.3) is 11.1 Å². The van der Waals surface area contributed by atoms with Gasteiger partial charge in [0.05, 0.1) is 5.56 Å². The number of carbonyl (C=O) groups is 1. The molecule has 27 heavy (non-hydrogen) atoms. The number of carbonyl (C=O) groups excluding carboxylic acids is 1. The minimum atomic E-state index is -0.528. The first-order chi connectivity index (χ1) is 13.0. The van der Waals surface area contributed by atoms with Gasteiger partial charge in [-0.1, -0.05) is 12.1 Å². The van der Waals surface area contributed by atoms with Crippen LogP contribution >= 0.6 is 0 Å². The van der Waals surface area contributed by atoms with E-state index in [1.54, 1.807) is 38.3 Å². The molecule has 1 aliphatic heterocycles. The first-order valence-corrected chi connectivity index (χ1v) is 9.25. The molecular formula is C20H25N3O4. The summed E-state index contributed by atoms with van der Waals surface area (Å²) in [6.45, 7) is 3.08. The number of ether oxygens (including phenoxy) is 1. The van der Waals surface area contributed by atoms with E-state index in [2.05, 4.69) is 9.97 Å². The van der Waals surface area contributed by atoms with Gasteiger partial charge in [-0.15, -0.1) is 0 Å². The van der Waals surface area contributed by atoms with E-state index in [1.807, 2.05) is 4.90 Å². The predicted molar refractivity (Wildman–Crippen MR) is 103 cm³/mol. The van der Waals surface area contributed by atoms with E-state index in [9.17, 15) is 14.4 Å². The van der Waals surface area contributed by atoms with E-state index in [4.69, 9.17) is 4.74 Å². The van der Waals surface area contributed by atoms with Crippen molar-refractivity contribution >= 4 is 5.91 Å². The number of amides is 1. The second kappa shape index (κ2) is 8.35. The SMILES string of the molecule is COCCC1CCCCN1C(=O)c1ccc(-c2c(C)[nH]c(=O)[nH]c2=O)cc1. The fourth-order valence-corrected chi connectivity index (χ4v) is 3.71. The van der Waals surface area contributed by atoms with Gasteiger partial charge >= 0.3 is 5.69 Å². The van der Waals surface area contributed by atoms with E-state index in [1.165, 1.54) is 0 Å². The Balaban J connectivity index is 1.83. The zero-order valence-corrected chi connectivity index (χ0v) is 15.7. The number of rotatable bonds is 5. The van der Waals surface area contributed by atoms with Gasteiger partial charge in [0, 0.05) is 37.6 Å². The van der Waals surface area contributed by atoms with Gasteiger partial charge in [0.1, 0.15) is 0 Å². The summed E-state index contributed by atoms with van der Waals surface area (Å²) in [7, 11) is 1.67. The van der Waals surface area contributed by atoms with E-state index >= 15 is 0 Å². The number of hydrogen-bond donors (Lipinski definition) is 2. The highest BCUT2D eigenvalue weighted by Crippen LogP contribution is 2.24. The summed E-state index contributed by atoms with van der Waals surface area (Å²) in [5, 5.41) is 0. The average molecular weight is 371 g/mol. The van der Waals surface area contributed by atoms with Gasteiger partial charge in [-0.2, -0.15) is 0 Å². The number of aryl methyl sites for hydroxylation is 1. The van der Waals surface area contributed by atoms with Gasteiger partial charge in [-0.05, 0) is 50.3 Å². The molecule has 1 amide bonds. The monoisotopic (exact) mass is 371 g/mol. The van der Waals surface area contributed by atoms with Crippen molar-refractivity contribution in [3.63, 3.8) is 0 Å². The lowest BCUT2D eigenvalue weighted by atomic mass is 9.97. The molecule has 7 nitrogen and oxygen atoms in total. The molecule has 2 N–H and O–H groups in total. The maximum absolute atomic E-state index is 13.0. The quantitative estimate of drug-likeness (QED) is 0.841. The molecule has 1 unspecified atom stereocenters. The highest BCUT2D eigenvalue weighted by molar-refractivity contribution is 5.95. The van der Waals surface area contributed by atoms with Crippen LogP contribution in [0.2, 0.25) is 0 Å². The minimum Gasteiger partial charge on any atom is -0.385 e. The molecule has 1 aromatic carbocycles. The normalized spacial score (nSPS) is 17.1. The number of methoxy groups -OCH3 is 1.